The predicted octanol–water partition coefficient (Wildman–Crippen LogP) is 6.23. The standard InChI is InChI=1S/C22H15F3IN3O/c1-30-20-5-3-2-4-18(20)14-6-7-28-21(10-14)29-13-27-12-19(29)15-8-16(22(23,24)25)11-17(26)9-15/h2-13H,1H3. The van der Waals surface area contributed by atoms with Gasteiger partial charge < -0.3 is 4.74 Å². The van der Waals surface area contributed by atoms with Gasteiger partial charge in [0.15, 0.2) is 0 Å². The van der Waals surface area contributed by atoms with Crippen LogP contribution in [-0.4, -0.2) is 21.6 Å². The molecule has 0 aliphatic carbocycles. The number of aromatic nitrogens is 3. The molecule has 0 N–H and O–H groups in total. The van der Waals surface area contributed by atoms with Crippen LogP contribution in [-0.2, 0) is 6.18 Å². The minimum Gasteiger partial charge on any atom is -0.496 e. The molecular formula is C22H15F3IN3O. The Morgan fingerprint density at radius 3 is 2.57 bits per heavy atom. The van der Waals surface area contributed by atoms with Gasteiger partial charge in [0, 0.05) is 20.9 Å². The molecule has 0 saturated heterocycles. The van der Waals surface area contributed by atoms with Crippen LogP contribution in [0, 0.1) is 3.57 Å². The zero-order valence-corrected chi connectivity index (χ0v) is 17.8. The number of hydrogen-bond donors (Lipinski definition) is 0. The van der Waals surface area contributed by atoms with Gasteiger partial charge in [0.05, 0.1) is 24.6 Å². The summed E-state index contributed by atoms with van der Waals surface area (Å²) in [6.07, 6.45) is 0.291. The van der Waals surface area contributed by atoms with Crippen molar-refractivity contribution in [3.05, 3.63) is 82.5 Å². The van der Waals surface area contributed by atoms with Crippen molar-refractivity contribution in [3.63, 3.8) is 0 Å². The molecule has 0 amide bonds. The maximum atomic E-state index is 13.3. The van der Waals surface area contributed by atoms with E-state index in [1.165, 1.54) is 12.5 Å². The Hall–Kier alpha value is -2.88. The van der Waals surface area contributed by atoms with Gasteiger partial charge in [0.1, 0.15) is 17.9 Å². The van der Waals surface area contributed by atoms with Gasteiger partial charge in [-0.25, -0.2) is 9.97 Å². The molecule has 4 aromatic rings. The van der Waals surface area contributed by atoms with E-state index in [1.807, 2.05) is 59.0 Å². The van der Waals surface area contributed by atoms with Crippen molar-refractivity contribution in [3.8, 4) is 34.0 Å². The average Bonchev–Trinajstić information content (AvgIpc) is 3.23. The number of hydrogen-bond acceptors (Lipinski definition) is 3. The van der Waals surface area contributed by atoms with E-state index in [0.717, 1.165) is 23.3 Å². The quantitative estimate of drug-likeness (QED) is 0.299. The number of imidazole rings is 1. The van der Waals surface area contributed by atoms with Crippen LogP contribution in [0.15, 0.2) is 73.3 Å². The van der Waals surface area contributed by atoms with E-state index in [9.17, 15) is 13.2 Å². The first-order valence-corrected chi connectivity index (χ1v) is 9.95. The molecule has 0 aliphatic rings. The van der Waals surface area contributed by atoms with Crippen molar-refractivity contribution < 1.29 is 17.9 Å². The van der Waals surface area contributed by atoms with Gasteiger partial charge in [-0.1, -0.05) is 18.2 Å². The molecule has 0 spiro atoms. The lowest BCUT2D eigenvalue weighted by Gasteiger charge is -2.13. The van der Waals surface area contributed by atoms with E-state index in [4.69, 9.17) is 4.74 Å². The molecule has 0 aliphatic heterocycles. The second-order valence-electron chi connectivity index (χ2n) is 6.48. The van der Waals surface area contributed by atoms with E-state index in [1.54, 1.807) is 23.9 Å². The summed E-state index contributed by atoms with van der Waals surface area (Å²) in [7, 11) is 1.60. The van der Waals surface area contributed by atoms with Crippen LogP contribution in [0.4, 0.5) is 13.2 Å². The van der Waals surface area contributed by atoms with Crippen LogP contribution in [0.5, 0.6) is 5.75 Å². The van der Waals surface area contributed by atoms with Gasteiger partial charge in [-0.15, -0.1) is 0 Å². The summed E-state index contributed by atoms with van der Waals surface area (Å²) in [5, 5.41) is 0. The number of halogens is 4. The monoisotopic (exact) mass is 521 g/mol. The summed E-state index contributed by atoms with van der Waals surface area (Å²) >= 11 is 1.88. The molecule has 4 rings (SSSR count). The van der Waals surface area contributed by atoms with E-state index >= 15 is 0 Å². The lowest BCUT2D eigenvalue weighted by molar-refractivity contribution is -0.137. The molecule has 0 atom stereocenters. The number of para-hydroxylation sites is 1. The van der Waals surface area contributed by atoms with E-state index in [2.05, 4.69) is 9.97 Å². The van der Waals surface area contributed by atoms with Crippen LogP contribution < -0.4 is 4.74 Å². The summed E-state index contributed by atoms with van der Waals surface area (Å²) in [5.41, 5.74) is 1.99. The first-order valence-electron chi connectivity index (χ1n) is 8.87. The molecule has 0 unspecified atom stereocenters. The first-order chi connectivity index (χ1) is 14.4. The number of pyridine rings is 1. The highest BCUT2D eigenvalue weighted by Crippen LogP contribution is 2.35. The molecule has 0 saturated carbocycles. The number of methoxy groups -OCH3 is 1. The van der Waals surface area contributed by atoms with E-state index < -0.39 is 11.7 Å². The first kappa shape index (κ1) is 20.4. The van der Waals surface area contributed by atoms with Crippen LogP contribution in [0.1, 0.15) is 5.56 Å². The van der Waals surface area contributed by atoms with Crippen LogP contribution in [0.3, 0.4) is 0 Å². The summed E-state index contributed by atoms with van der Waals surface area (Å²) < 4.78 is 47.4. The lowest BCUT2D eigenvalue weighted by atomic mass is 10.1. The van der Waals surface area contributed by atoms with Crippen molar-refractivity contribution in [1.29, 1.82) is 0 Å². The highest BCUT2D eigenvalue weighted by molar-refractivity contribution is 14.1. The van der Waals surface area contributed by atoms with Gasteiger partial charge in [-0.05, 0) is 64.6 Å². The highest BCUT2D eigenvalue weighted by atomic mass is 127. The summed E-state index contributed by atoms with van der Waals surface area (Å²) in [5.74, 6) is 1.26. The SMILES string of the molecule is COc1ccccc1-c1ccnc(-n2cncc2-c2cc(I)cc(C(F)(F)F)c2)c1. The molecule has 0 bridgehead atoms. The molecular weight excluding hydrogens is 506 g/mol. The molecule has 2 heterocycles. The van der Waals surface area contributed by atoms with Gasteiger partial charge in [0.25, 0.3) is 0 Å². The Morgan fingerprint density at radius 1 is 1.00 bits per heavy atom. The number of ether oxygens (including phenoxy) is 1. The van der Waals surface area contributed by atoms with E-state index in [-0.39, 0.29) is 0 Å². The van der Waals surface area contributed by atoms with Gasteiger partial charge in [-0.2, -0.15) is 13.2 Å². The van der Waals surface area contributed by atoms with Gasteiger partial charge >= 0.3 is 6.18 Å². The van der Waals surface area contributed by atoms with Crippen molar-refractivity contribution in [1.82, 2.24) is 14.5 Å². The molecule has 8 heteroatoms. The maximum Gasteiger partial charge on any atom is 0.416 e. The zero-order valence-electron chi connectivity index (χ0n) is 15.7. The zero-order chi connectivity index (χ0) is 21.3. The number of alkyl halides is 3. The largest absolute Gasteiger partial charge is 0.496 e. The Labute approximate surface area is 184 Å². The minimum absolute atomic E-state index is 0.413. The van der Waals surface area contributed by atoms with Crippen molar-refractivity contribution >= 4 is 22.6 Å². The normalized spacial score (nSPS) is 11.5. The van der Waals surface area contributed by atoms with Crippen LogP contribution in [0.2, 0.25) is 0 Å². The van der Waals surface area contributed by atoms with Crippen molar-refractivity contribution in [2.45, 2.75) is 6.18 Å². The minimum atomic E-state index is -4.43. The molecule has 2 aromatic heterocycles. The molecule has 30 heavy (non-hydrogen) atoms. The predicted molar refractivity (Wildman–Crippen MR) is 117 cm³/mol. The van der Waals surface area contributed by atoms with Crippen molar-refractivity contribution in [2.75, 3.05) is 7.11 Å². The smallest absolute Gasteiger partial charge is 0.416 e. The third-order valence-corrected chi connectivity index (χ3v) is 5.19. The van der Waals surface area contributed by atoms with Crippen LogP contribution >= 0.6 is 22.6 Å². The molecule has 2 aromatic carbocycles. The molecule has 0 radical (unpaired) electrons. The number of nitrogens with zero attached hydrogens (tertiary/aromatic N) is 3. The molecule has 4 nitrogen and oxygen atoms in total. The Bertz CT molecular complexity index is 1200. The average molecular weight is 521 g/mol. The third-order valence-electron chi connectivity index (χ3n) is 4.57. The highest BCUT2D eigenvalue weighted by Gasteiger charge is 2.31. The number of benzene rings is 2. The van der Waals surface area contributed by atoms with Crippen LogP contribution in [0.25, 0.3) is 28.2 Å². The topological polar surface area (TPSA) is 39.9 Å². The second-order valence-corrected chi connectivity index (χ2v) is 7.72. The lowest BCUT2D eigenvalue weighted by Crippen LogP contribution is -2.06. The maximum absolute atomic E-state index is 13.3. The van der Waals surface area contributed by atoms with Crippen molar-refractivity contribution in [2.24, 2.45) is 0 Å². The summed E-state index contributed by atoms with van der Waals surface area (Å²) in [6.45, 7) is 0. The Kier molecular flexibility index (Phi) is 5.50. The second kappa shape index (κ2) is 8.10. The summed E-state index contributed by atoms with van der Waals surface area (Å²) in [4.78, 5) is 8.55. The van der Waals surface area contributed by atoms with E-state index in [0.29, 0.717) is 26.4 Å². The third kappa shape index (κ3) is 4.04. The molecule has 152 valence electrons. The Balaban J connectivity index is 1.81. The van der Waals surface area contributed by atoms with Gasteiger partial charge in [0.2, 0.25) is 0 Å². The Morgan fingerprint density at radius 2 is 1.80 bits per heavy atom. The van der Waals surface area contributed by atoms with Gasteiger partial charge in [-0.3, -0.25) is 4.57 Å². The number of rotatable bonds is 4. The molecule has 0 fully saturated rings. The summed E-state index contributed by atoms with van der Waals surface area (Å²) in [6, 6.07) is 15.2. The fraction of sp³-hybridized carbons (Fsp3) is 0.0909. The fourth-order valence-electron chi connectivity index (χ4n) is 3.19. The fourth-order valence-corrected chi connectivity index (χ4v) is 3.86.